The SMILES string of the molecule is CC.CC.CC.COC(=O)C[C@H]1CCC2C3CC4(CC4)C(=O)[C@](C)(CCC(=O)O)C3CC[C@@]21C. The Morgan fingerprint density at radius 3 is 2.03 bits per heavy atom. The molecule has 0 radical (unpaired) electrons. The first kappa shape index (κ1) is 30.6. The molecule has 4 aliphatic carbocycles. The van der Waals surface area contributed by atoms with E-state index in [2.05, 4.69) is 13.8 Å². The summed E-state index contributed by atoms with van der Waals surface area (Å²) in [4.78, 5) is 36.7. The molecule has 0 bridgehead atoms. The van der Waals surface area contributed by atoms with Crippen LogP contribution < -0.4 is 0 Å². The third kappa shape index (κ3) is 5.54. The van der Waals surface area contributed by atoms with E-state index in [4.69, 9.17) is 4.74 Å². The number of ether oxygens (including phenoxy) is 1. The summed E-state index contributed by atoms with van der Waals surface area (Å²) in [7, 11) is 1.46. The molecule has 0 saturated heterocycles. The zero-order chi connectivity index (χ0) is 26.3. The monoisotopic (exact) mass is 480 g/mol. The number of carboxylic acid groups (broad SMARTS) is 1. The van der Waals surface area contributed by atoms with Gasteiger partial charge in [-0.3, -0.25) is 14.4 Å². The number of fused-ring (bicyclic) bond motifs is 3. The van der Waals surface area contributed by atoms with E-state index >= 15 is 0 Å². The quantitative estimate of drug-likeness (QED) is 0.417. The van der Waals surface area contributed by atoms with Crippen molar-refractivity contribution in [1.82, 2.24) is 0 Å². The van der Waals surface area contributed by atoms with Gasteiger partial charge in [0.2, 0.25) is 0 Å². The first-order valence-electron chi connectivity index (χ1n) is 14.0. The highest BCUT2D eigenvalue weighted by atomic mass is 16.5. The maximum absolute atomic E-state index is 13.5. The van der Waals surface area contributed by atoms with Crippen molar-refractivity contribution in [3.63, 3.8) is 0 Å². The lowest BCUT2D eigenvalue weighted by Crippen LogP contribution is -2.56. The average molecular weight is 481 g/mol. The van der Waals surface area contributed by atoms with Gasteiger partial charge in [-0.15, -0.1) is 0 Å². The lowest BCUT2D eigenvalue weighted by Gasteiger charge is -2.57. The zero-order valence-electron chi connectivity index (χ0n) is 23.5. The Kier molecular flexibility index (Phi) is 11.3. The number of carboxylic acids is 1. The minimum absolute atomic E-state index is 0.0778. The highest BCUT2D eigenvalue weighted by Gasteiger charge is 2.67. The normalized spacial score (nSPS) is 36.2. The molecule has 5 heteroatoms. The fourth-order valence-electron chi connectivity index (χ4n) is 7.66. The Morgan fingerprint density at radius 2 is 1.53 bits per heavy atom. The van der Waals surface area contributed by atoms with Gasteiger partial charge in [0.1, 0.15) is 5.78 Å². The predicted octanol–water partition coefficient (Wildman–Crippen LogP) is 7.31. The summed E-state index contributed by atoms with van der Waals surface area (Å²) in [5.41, 5.74) is -0.536. The second-order valence-electron chi connectivity index (χ2n) is 10.6. The van der Waals surface area contributed by atoms with Crippen LogP contribution in [0.1, 0.15) is 120 Å². The first-order valence-corrected chi connectivity index (χ1v) is 14.0. The topological polar surface area (TPSA) is 80.7 Å². The van der Waals surface area contributed by atoms with E-state index in [1.165, 1.54) is 7.11 Å². The van der Waals surface area contributed by atoms with E-state index in [1.54, 1.807) is 0 Å². The van der Waals surface area contributed by atoms with E-state index in [-0.39, 0.29) is 23.2 Å². The highest BCUT2D eigenvalue weighted by Crippen LogP contribution is 2.71. The number of esters is 1. The van der Waals surface area contributed by atoms with Crippen molar-refractivity contribution in [1.29, 1.82) is 0 Å². The molecule has 4 fully saturated rings. The van der Waals surface area contributed by atoms with Gasteiger partial charge in [0.25, 0.3) is 0 Å². The fraction of sp³-hybridized carbons (Fsp3) is 0.897. The number of carbonyl (C=O) groups is 3. The van der Waals surface area contributed by atoms with E-state index in [1.807, 2.05) is 41.5 Å². The number of methoxy groups -OCH3 is 1. The van der Waals surface area contributed by atoms with Crippen LogP contribution in [0.4, 0.5) is 0 Å². The van der Waals surface area contributed by atoms with Gasteiger partial charge in [-0.2, -0.15) is 0 Å². The van der Waals surface area contributed by atoms with Crippen LogP contribution in [0.15, 0.2) is 0 Å². The van der Waals surface area contributed by atoms with Crippen LogP contribution in [0.3, 0.4) is 0 Å². The fourth-order valence-corrected chi connectivity index (χ4v) is 7.66. The van der Waals surface area contributed by atoms with Crippen molar-refractivity contribution in [2.24, 2.45) is 39.9 Å². The predicted molar refractivity (Wildman–Crippen MR) is 137 cm³/mol. The summed E-state index contributed by atoms with van der Waals surface area (Å²) >= 11 is 0. The van der Waals surface area contributed by atoms with Crippen molar-refractivity contribution >= 4 is 17.7 Å². The van der Waals surface area contributed by atoms with E-state index in [0.29, 0.717) is 42.3 Å². The highest BCUT2D eigenvalue weighted by molar-refractivity contribution is 5.93. The molecule has 4 rings (SSSR count). The molecular weight excluding hydrogens is 428 g/mol. The Labute approximate surface area is 208 Å². The van der Waals surface area contributed by atoms with Gasteiger partial charge in [0.05, 0.1) is 7.11 Å². The molecule has 4 saturated carbocycles. The molecule has 0 aromatic heterocycles. The van der Waals surface area contributed by atoms with E-state index in [9.17, 15) is 19.5 Å². The zero-order valence-corrected chi connectivity index (χ0v) is 23.5. The molecule has 34 heavy (non-hydrogen) atoms. The summed E-state index contributed by atoms with van der Waals surface area (Å²) in [6.07, 6.45) is 8.19. The number of hydrogen-bond donors (Lipinski definition) is 1. The Morgan fingerprint density at radius 1 is 0.941 bits per heavy atom. The van der Waals surface area contributed by atoms with Crippen LogP contribution in [0.25, 0.3) is 0 Å². The third-order valence-corrected chi connectivity index (χ3v) is 9.43. The molecule has 0 aromatic carbocycles. The largest absolute Gasteiger partial charge is 0.481 e. The number of Topliss-reactive ketones (excluding diaryl/α,β-unsaturated/α-hetero) is 1. The maximum Gasteiger partial charge on any atom is 0.305 e. The first-order chi connectivity index (χ1) is 16.2. The Balaban J connectivity index is 0.000000894. The standard InChI is InChI=1S/C23H34O5.3C2H6/c1-21-8-6-17-15(16(21)5-4-14(21)12-19(26)28-3)13-23(10-11-23)20(27)22(17,2)9-7-18(24)25;3*1-2/h14-17H,4-13H2,1-3H3,(H,24,25);3*1-2H3/t14-,15?,16?,17?,21-,22-;;;/m1.../s1. The van der Waals surface area contributed by atoms with Crippen LogP contribution in [-0.2, 0) is 19.1 Å². The van der Waals surface area contributed by atoms with Crippen molar-refractivity contribution in [2.75, 3.05) is 7.11 Å². The van der Waals surface area contributed by atoms with E-state index in [0.717, 1.165) is 44.9 Å². The van der Waals surface area contributed by atoms with Crippen molar-refractivity contribution in [2.45, 2.75) is 120 Å². The molecule has 5 nitrogen and oxygen atoms in total. The summed E-state index contributed by atoms with van der Waals surface area (Å²) in [6.45, 7) is 16.4. The van der Waals surface area contributed by atoms with Crippen LogP contribution in [0.2, 0.25) is 0 Å². The molecule has 0 amide bonds. The van der Waals surface area contributed by atoms with Crippen LogP contribution in [0, 0.1) is 39.9 Å². The van der Waals surface area contributed by atoms with Crippen LogP contribution in [0.5, 0.6) is 0 Å². The van der Waals surface area contributed by atoms with Gasteiger partial charge in [0.15, 0.2) is 0 Å². The number of carbonyl (C=O) groups excluding carboxylic acids is 2. The van der Waals surface area contributed by atoms with Gasteiger partial charge in [-0.25, -0.2) is 0 Å². The number of ketones is 1. The number of hydrogen-bond acceptors (Lipinski definition) is 4. The molecular formula is C29H52O5. The minimum Gasteiger partial charge on any atom is -0.481 e. The number of aliphatic carboxylic acids is 1. The summed E-state index contributed by atoms with van der Waals surface area (Å²) in [6, 6.07) is 0. The van der Waals surface area contributed by atoms with Gasteiger partial charge in [-0.1, -0.05) is 55.4 Å². The molecule has 4 aliphatic rings. The molecule has 198 valence electrons. The lowest BCUT2D eigenvalue weighted by molar-refractivity contribution is -0.157. The van der Waals surface area contributed by atoms with Gasteiger partial charge in [0, 0.05) is 23.7 Å². The summed E-state index contributed by atoms with van der Waals surface area (Å²) in [5.74, 6) is 1.12. The van der Waals surface area contributed by atoms with Gasteiger partial charge in [-0.05, 0) is 80.5 Å². The van der Waals surface area contributed by atoms with Crippen LogP contribution in [-0.4, -0.2) is 29.9 Å². The van der Waals surface area contributed by atoms with Crippen LogP contribution >= 0.6 is 0 Å². The Bertz CT molecular complexity index is 697. The molecule has 3 unspecified atom stereocenters. The van der Waals surface area contributed by atoms with E-state index < -0.39 is 11.4 Å². The Hall–Kier alpha value is -1.39. The molecule has 1 spiro atoms. The molecule has 6 atom stereocenters. The lowest BCUT2D eigenvalue weighted by atomic mass is 9.46. The smallest absolute Gasteiger partial charge is 0.305 e. The van der Waals surface area contributed by atoms with Crippen molar-refractivity contribution in [3.05, 3.63) is 0 Å². The van der Waals surface area contributed by atoms with Gasteiger partial charge >= 0.3 is 11.9 Å². The maximum atomic E-state index is 13.5. The van der Waals surface area contributed by atoms with Crippen molar-refractivity contribution in [3.8, 4) is 0 Å². The van der Waals surface area contributed by atoms with Gasteiger partial charge < -0.3 is 9.84 Å². The minimum atomic E-state index is -0.805. The number of rotatable bonds is 5. The summed E-state index contributed by atoms with van der Waals surface area (Å²) in [5, 5.41) is 9.26. The second-order valence-corrected chi connectivity index (χ2v) is 10.6. The molecule has 0 heterocycles. The van der Waals surface area contributed by atoms with Crippen molar-refractivity contribution < 1.29 is 24.2 Å². The summed E-state index contributed by atoms with van der Waals surface area (Å²) < 4.78 is 4.95. The third-order valence-electron chi connectivity index (χ3n) is 9.43. The molecule has 1 N–H and O–H groups in total. The second kappa shape index (κ2) is 12.5. The molecule has 0 aromatic rings. The average Bonchev–Trinajstić information content (AvgIpc) is 3.56. The molecule has 0 aliphatic heterocycles.